The topological polar surface area (TPSA) is 83.8 Å². The minimum absolute atomic E-state index is 0.378. The van der Waals surface area contributed by atoms with Crippen LogP contribution in [-0.4, -0.2) is 33.9 Å². The van der Waals surface area contributed by atoms with E-state index in [-0.39, 0.29) is 6.54 Å². The van der Waals surface area contributed by atoms with Crippen molar-refractivity contribution < 1.29 is 14.4 Å². The maximum absolute atomic E-state index is 12.9. The molecule has 1 aliphatic rings. The van der Waals surface area contributed by atoms with Crippen LogP contribution in [0.3, 0.4) is 0 Å². The van der Waals surface area contributed by atoms with Crippen molar-refractivity contribution in [1.82, 2.24) is 14.8 Å². The summed E-state index contributed by atoms with van der Waals surface area (Å²) in [6.07, 6.45) is 2.17. The van der Waals surface area contributed by atoms with E-state index in [1.165, 1.54) is 11.3 Å². The Morgan fingerprint density at radius 3 is 2.60 bits per heavy atom. The molecule has 2 heterocycles. The lowest BCUT2D eigenvalue weighted by molar-refractivity contribution is -0.134. The second kappa shape index (κ2) is 6.64. The first-order chi connectivity index (χ1) is 12.0. The van der Waals surface area contributed by atoms with Crippen LogP contribution in [0.15, 0.2) is 46.9 Å². The van der Waals surface area contributed by atoms with Gasteiger partial charge >= 0.3 is 6.03 Å². The maximum atomic E-state index is 12.9. The van der Waals surface area contributed by atoms with Crippen molar-refractivity contribution in [3.8, 4) is 0 Å². The first-order valence-electron chi connectivity index (χ1n) is 7.85. The van der Waals surface area contributed by atoms with Gasteiger partial charge in [-0.15, -0.1) is 11.3 Å². The number of rotatable bonds is 4. The number of urea groups is 1. The van der Waals surface area contributed by atoms with E-state index < -0.39 is 23.4 Å². The molecule has 25 heavy (non-hydrogen) atoms. The molecule has 0 saturated carbocycles. The summed E-state index contributed by atoms with van der Waals surface area (Å²) in [6, 6.07) is 8.48. The summed E-state index contributed by atoms with van der Waals surface area (Å²) in [5, 5.41) is 4.55. The van der Waals surface area contributed by atoms with Crippen LogP contribution in [0.1, 0.15) is 18.9 Å². The van der Waals surface area contributed by atoms with E-state index in [1.807, 2.05) is 25.1 Å². The third-order valence-electron chi connectivity index (χ3n) is 4.25. The summed E-state index contributed by atoms with van der Waals surface area (Å²) < 4.78 is 1.70. The summed E-state index contributed by atoms with van der Waals surface area (Å²) >= 11 is 1.31. The van der Waals surface area contributed by atoms with Crippen molar-refractivity contribution in [1.29, 1.82) is 0 Å². The van der Waals surface area contributed by atoms with Gasteiger partial charge in [0.25, 0.3) is 11.8 Å². The summed E-state index contributed by atoms with van der Waals surface area (Å²) in [6.45, 7) is 1.45. The standard InChI is InChI=1S/C17H18N4O3S/c1-3-17(12-7-5-4-6-8-12)14(23)21(15(24)19-17)11-13(22)18-16-20(2)9-10-25-16/h4-10H,3,11H2,1-2H3,(H,19,24). The third-order valence-corrected chi connectivity index (χ3v) is 5.09. The molecule has 1 unspecified atom stereocenters. The number of carbonyl (C=O) groups excluding carboxylic acids is 3. The predicted molar refractivity (Wildman–Crippen MR) is 92.5 cm³/mol. The molecule has 3 rings (SSSR count). The number of hydrogen-bond acceptors (Lipinski definition) is 4. The highest BCUT2D eigenvalue weighted by atomic mass is 32.1. The highest BCUT2D eigenvalue weighted by Crippen LogP contribution is 2.32. The molecule has 1 aliphatic heterocycles. The number of nitrogens with zero attached hydrogens (tertiary/aromatic N) is 3. The van der Waals surface area contributed by atoms with Gasteiger partial charge in [-0.1, -0.05) is 37.3 Å². The van der Waals surface area contributed by atoms with E-state index in [9.17, 15) is 14.4 Å². The van der Waals surface area contributed by atoms with Gasteiger partial charge in [-0.2, -0.15) is 4.99 Å². The normalized spacial score (nSPS) is 20.9. The summed E-state index contributed by atoms with van der Waals surface area (Å²) in [4.78, 5) is 42.9. The van der Waals surface area contributed by atoms with Crippen LogP contribution in [0.5, 0.6) is 0 Å². The van der Waals surface area contributed by atoms with E-state index in [0.29, 0.717) is 16.8 Å². The smallest absolute Gasteiger partial charge is 0.325 e. The molecule has 130 valence electrons. The van der Waals surface area contributed by atoms with Gasteiger partial charge in [0.1, 0.15) is 12.1 Å². The van der Waals surface area contributed by atoms with Crippen LogP contribution < -0.4 is 10.1 Å². The van der Waals surface area contributed by atoms with E-state index in [2.05, 4.69) is 10.3 Å². The van der Waals surface area contributed by atoms with Crippen LogP contribution in [0, 0.1) is 0 Å². The highest BCUT2D eigenvalue weighted by molar-refractivity contribution is 7.07. The Morgan fingerprint density at radius 2 is 2.00 bits per heavy atom. The zero-order valence-electron chi connectivity index (χ0n) is 13.9. The minimum Gasteiger partial charge on any atom is -0.327 e. The Bertz CT molecular complexity index is 887. The number of aromatic nitrogens is 1. The third kappa shape index (κ3) is 3.00. The summed E-state index contributed by atoms with van der Waals surface area (Å²) in [5.74, 6) is -0.966. The van der Waals surface area contributed by atoms with Gasteiger partial charge in [0, 0.05) is 18.6 Å². The lowest BCUT2D eigenvalue weighted by atomic mass is 9.87. The Balaban J connectivity index is 1.87. The molecule has 1 fully saturated rings. The van der Waals surface area contributed by atoms with E-state index >= 15 is 0 Å². The number of carbonyl (C=O) groups is 3. The Labute approximate surface area is 148 Å². The van der Waals surface area contributed by atoms with E-state index in [4.69, 9.17) is 0 Å². The van der Waals surface area contributed by atoms with Gasteiger partial charge in [0.15, 0.2) is 4.80 Å². The quantitative estimate of drug-likeness (QED) is 0.838. The summed E-state index contributed by atoms with van der Waals surface area (Å²) in [5.41, 5.74) is -0.431. The summed E-state index contributed by atoms with van der Waals surface area (Å²) in [7, 11) is 1.77. The fourth-order valence-electron chi connectivity index (χ4n) is 2.84. The highest BCUT2D eigenvalue weighted by Gasteiger charge is 2.51. The van der Waals surface area contributed by atoms with Crippen LogP contribution >= 0.6 is 11.3 Å². The monoisotopic (exact) mass is 358 g/mol. The number of nitrogens with one attached hydrogen (secondary N) is 1. The molecular formula is C17H18N4O3S. The van der Waals surface area contributed by atoms with Crippen LogP contribution in [-0.2, 0) is 22.2 Å². The van der Waals surface area contributed by atoms with Crippen LogP contribution in [0.2, 0.25) is 0 Å². The molecule has 1 saturated heterocycles. The molecule has 7 nitrogen and oxygen atoms in total. The maximum Gasteiger partial charge on any atom is 0.325 e. The van der Waals surface area contributed by atoms with Crippen molar-refractivity contribution in [3.63, 3.8) is 0 Å². The molecule has 0 spiro atoms. The van der Waals surface area contributed by atoms with Gasteiger partial charge in [0.05, 0.1) is 0 Å². The number of amides is 4. The van der Waals surface area contributed by atoms with Gasteiger partial charge in [-0.3, -0.25) is 14.5 Å². The second-order valence-electron chi connectivity index (χ2n) is 5.75. The molecule has 2 aromatic rings. The Kier molecular flexibility index (Phi) is 4.54. The molecule has 1 atom stereocenters. The van der Waals surface area contributed by atoms with E-state index in [1.54, 1.807) is 35.3 Å². The Hall–Kier alpha value is -2.74. The number of hydrogen-bond donors (Lipinski definition) is 1. The molecule has 4 amide bonds. The lowest BCUT2D eigenvalue weighted by Gasteiger charge is -2.25. The largest absolute Gasteiger partial charge is 0.327 e. The average molecular weight is 358 g/mol. The molecule has 0 aliphatic carbocycles. The van der Waals surface area contributed by atoms with Crippen molar-refractivity contribution in [2.24, 2.45) is 12.0 Å². The zero-order chi connectivity index (χ0) is 18.0. The number of imide groups is 1. The van der Waals surface area contributed by atoms with Crippen molar-refractivity contribution in [2.45, 2.75) is 18.9 Å². The van der Waals surface area contributed by atoms with Crippen molar-refractivity contribution >= 4 is 29.2 Å². The zero-order valence-corrected chi connectivity index (χ0v) is 14.7. The molecule has 1 aromatic heterocycles. The molecule has 1 aromatic carbocycles. The van der Waals surface area contributed by atoms with Crippen molar-refractivity contribution in [2.75, 3.05) is 6.54 Å². The predicted octanol–water partition coefficient (Wildman–Crippen LogP) is 1.37. The molecule has 0 radical (unpaired) electrons. The Morgan fingerprint density at radius 1 is 1.28 bits per heavy atom. The first-order valence-corrected chi connectivity index (χ1v) is 8.73. The van der Waals surface area contributed by atoms with Gasteiger partial charge in [0.2, 0.25) is 0 Å². The first kappa shape index (κ1) is 17.1. The molecule has 8 heteroatoms. The van der Waals surface area contributed by atoms with Crippen LogP contribution in [0.4, 0.5) is 4.79 Å². The molecule has 1 N–H and O–H groups in total. The minimum atomic E-state index is -1.13. The molecule has 0 bridgehead atoms. The van der Waals surface area contributed by atoms with Gasteiger partial charge in [-0.05, 0) is 12.0 Å². The number of benzene rings is 1. The fraction of sp³-hybridized carbons (Fsp3) is 0.294. The second-order valence-corrected chi connectivity index (χ2v) is 6.62. The number of aryl methyl sites for hydroxylation is 1. The number of thiazole rings is 1. The van der Waals surface area contributed by atoms with Gasteiger partial charge in [-0.25, -0.2) is 4.79 Å². The van der Waals surface area contributed by atoms with Crippen molar-refractivity contribution in [3.05, 3.63) is 52.3 Å². The van der Waals surface area contributed by atoms with Gasteiger partial charge < -0.3 is 9.88 Å². The SMILES string of the molecule is CCC1(c2ccccc2)NC(=O)N(CC(=O)N=c2sccn2C)C1=O. The van der Waals surface area contributed by atoms with E-state index in [0.717, 1.165) is 4.90 Å². The van der Waals surface area contributed by atoms with Crippen LogP contribution in [0.25, 0.3) is 0 Å². The lowest BCUT2D eigenvalue weighted by Crippen LogP contribution is -2.43. The fourth-order valence-corrected chi connectivity index (χ4v) is 3.59. The molecular weight excluding hydrogens is 340 g/mol. The average Bonchev–Trinajstić information content (AvgIpc) is 3.12.